The van der Waals surface area contributed by atoms with E-state index in [0.29, 0.717) is 17.7 Å². The fourth-order valence-corrected chi connectivity index (χ4v) is 3.44. The maximum absolute atomic E-state index is 13.3. The third-order valence-electron chi connectivity index (χ3n) is 4.80. The van der Waals surface area contributed by atoms with Crippen LogP contribution in [0.4, 0.5) is 0 Å². The average Bonchev–Trinajstić information content (AvgIpc) is 3.28. The van der Waals surface area contributed by atoms with Gasteiger partial charge in [0.05, 0.1) is 18.3 Å². The monoisotopic (exact) mass is 375 g/mol. The van der Waals surface area contributed by atoms with Gasteiger partial charge in [-0.2, -0.15) is 0 Å². The summed E-state index contributed by atoms with van der Waals surface area (Å²) in [5.74, 6) is -0.272. The molecule has 1 amide bonds. The van der Waals surface area contributed by atoms with Gasteiger partial charge in [0.15, 0.2) is 0 Å². The van der Waals surface area contributed by atoms with Crippen LogP contribution in [0.2, 0.25) is 0 Å². The molecule has 10 nitrogen and oxygen atoms in total. The van der Waals surface area contributed by atoms with Gasteiger partial charge in [-0.25, -0.2) is 14.6 Å². The summed E-state index contributed by atoms with van der Waals surface area (Å²) < 4.78 is 1.53. The highest BCUT2D eigenvalue weighted by Crippen LogP contribution is 2.28. The predicted molar refractivity (Wildman–Crippen MR) is 96.1 cm³/mol. The van der Waals surface area contributed by atoms with Gasteiger partial charge in [0.25, 0.3) is 0 Å². The largest absolute Gasteiger partial charge is 0.391 e. The number of likely N-dealkylation sites (tertiary alicyclic amines) is 1. The van der Waals surface area contributed by atoms with Crippen molar-refractivity contribution in [2.75, 3.05) is 13.6 Å². The summed E-state index contributed by atoms with van der Waals surface area (Å²) in [6.45, 7) is 4.02. The first kappa shape index (κ1) is 19.3. The molecule has 27 heavy (non-hydrogen) atoms. The molecule has 146 valence electrons. The van der Waals surface area contributed by atoms with Crippen molar-refractivity contribution in [1.29, 1.82) is 0 Å². The van der Waals surface area contributed by atoms with Gasteiger partial charge in [-0.1, -0.05) is 19.1 Å². The van der Waals surface area contributed by atoms with Crippen LogP contribution < -0.4 is 5.32 Å². The first-order valence-electron chi connectivity index (χ1n) is 8.93. The highest BCUT2D eigenvalue weighted by molar-refractivity contribution is 5.81. The Morgan fingerprint density at radius 3 is 2.67 bits per heavy atom. The second kappa shape index (κ2) is 8.07. The predicted octanol–water partition coefficient (Wildman–Crippen LogP) is -0.568. The van der Waals surface area contributed by atoms with Gasteiger partial charge in [0.1, 0.15) is 24.3 Å². The van der Waals surface area contributed by atoms with Gasteiger partial charge in [-0.3, -0.25) is 10.1 Å². The number of hydrogen-bond acceptors (Lipinski definition) is 8. The highest BCUT2D eigenvalue weighted by Gasteiger charge is 2.42. The van der Waals surface area contributed by atoms with Crippen molar-refractivity contribution >= 4 is 5.91 Å². The molecule has 4 atom stereocenters. The smallest absolute Gasteiger partial charge is 0.248 e. The maximum Gasteiger partial charge on any atom is 0.248 e. The van der Waals surface area contributed by atoms with Crippen LogP contribution in [-0.2, 0) is 4.79 Å². The average molecular weight is 375 g/mol. The first-order chi connectivity index (χ1) is 12.9. The topological polar surface area (TPSA) is 129 Å². The second-order valence-corrected chi connectivity index (χ2v) is 7.08. The minimum absolute atomic E-state index is 0.0656. The van der Waals surface area contributed by atoms with Crippen LogP contribution in [0, 0.1) is 5.92 Å². The summed E-state index contributed by atoms with van der Waals surface area (Å²) in [4.78, 5) is 22.7. The van der Waals surface area contributed by atoms with E-state index in [0.717, 1.165) is 0 Å². The normalized spacial score (nSPS) is 22.2. The van der Waals surface area contributed by atoms with Crippen LogP contribution in [0.3, 0.4) is 0 Å². The van der Waals surface area contributed by atoms with Crippen molar-refractivity contribution in [3.05, 3.63) is 24.9 Å². The van der Waals surface area contributed by atoms with Crippen molar-refractivity contribution in [2.45, 2.75) is 44.7 Å². The molecular formula is C17H25N7O3. The number of β-amino-alcohol motifs (C(OH)–C–C–N with tert-alkyl or cyclic N) is 1. The summed E-state index contributed by atoms with van der Waals surface area (Å²) in [5, 5.41) is 31.2. The van der Waals surface area contributed by atoms with E-state index in [1.54, 1.807) is 25.6 Å². The number of amides is 1. The van der Waals surface area contributed by atoms with E-state index in [9.17, 15) is 15.0 Å². The van der Waals surface area contributed by atoms with E-state index < -0.39 is 24.4 Å². The molecular weight excluding hydrogens is 350 g/mol. The van der Waals surface area contributed by atoms with Gasteiger partial charge < -0.3 is 15.1 Å². The lowest BCUT2D eigenvalue weighted by Crippen LogP contribution is -2.50. The van der Waals surface area contributed by atoms with Crippen molar-refractivity contribution < 1.29 is 15.0 Å². The van der Waals surface area contributed by atoms with E-state index in [2.05, 4.69) is 25.6 Å². The molecule has 0 radical (unpaired) electrons. The molecule has 2 aromatic rings. The van der Waals surface area contributed by atoms with Gasteiger partial charge >= 0.3 is 0 Å². The zero-order chi connectivity index (χ0) is 19.6. The molecule has 1 fully saturated rings. The highest BCUT2D eigenvalue weighted by atomic mass is 16.3. The van der Waals surface area contributed by atoms with Crippen molar-refractivity contribution in [3.8, 4) is 11.3 Å². The van der Waals surface area contributed by atoms with Crippen LogP contribution >= 0.6 is 0 Å². The molecule has 3 heterocycles. The van der Waals surface area contributed by atoms with E-state index in [1.165, 1.54) is 15.9 Å². The number of likely N-dealkylation sites (N-methyl/N-ethyl adjacent to an activating group) is 1. The third kappa shape index (κ3) is 3.97. The van der Waals surface area contributed by atoms with Gasteiger partial charge in [-0.05, 0) is 19.4 Å². The minimum Gasteiger partial charge on any atom is -0.391 e. The number of aliphatic hydroxyl groups is 2. The van der Waals surface area contributed by atoms with Crippen LogP contribution in [-0.4, -0.2) is 77.9 Å². The zero-order valence-electron chi connectivity index (χ0n) is 15.6. The number of carbonyl (C=O) groups is 1. The van der Waals surface area contributed by atoms with Gasteiger partial charge in [0, 0.05) is 24.5 Å². The zero-order valence-corrected chi connectivity index (χ0v) is 15.6. The Hall–Kier alpha value is -2.43. The molecule has 3 N–H and O–H groups in total. The summed E-state index contributed by atoms with van der Waals surface area (Å²) in [5.41, 5.74) is 1.28. The van der Waals surface area contributed by atoms with Crippen LogP contribution in [0.1, 0.15) is 26.3 Å². The molecule has 1 aliphatic heterocycles. The SMILES string of the molecule is CNC(O)C1CC(O)CN1C(=O)C(C(C)C)n1cc(-c2cncnc2)nn1. The molecule has 4 unspecified atom stereocenters. The summed E-state index contributed by atoms with van der Waals surface area (Å²) in [6.07, 6.45) is 5.13. The molecule has 0 bridgehead atoms. The lowest BCUT2D eigenvalue weighted by Gasteiger charge is -2.32. The number of carbonyl (C=O) groups excluding carboxylic acids is 1. The Balaban J connectivity index is 1.87. The van der Waals surface area contributed by atoms with E-state index in [4.69, 9.17) is 0 Å². The molecule has 10 heteroatoms. The van der Waals surface area contributed by atoms with Gasteiger partial charge in [0.2, 0.25) is 5.91 Å². The lowest BCUT2D eigenvalue weighted by molar-refractivity contribution is -0.140. The van der Waals surface area contributed by atoms with Crippen LogP contribution in [0.25, 0.3) is 11.3 Å². The van der Waals surface area contributed by atoms with Crippen molar-refractivity contribution in [1.82, 2.24) is 35.2 Å². The first-order valence-corrected chi connectivity index (χ1v) is 8.93. The molecule has 0 aromatic carbocycles. The number of nitrogens with one attached hydrogen (secondary N) is 1. The fourth-order valence-electron chi connectivity index (χ4n) is 3.44. The number of rotatable bonds is 6. The minimum atomic E-state index is -0.910. The lowest BCUT2D eigenvalue weighted by atomic mass is 10.0. The van der Waals surface area contributed by atoms with Crippen molar-refractivity contribution in [3.63, 3.8) is 0 Å². The molecule has 0 spiro atoms. The number of aliphatic hydroxyl groups excluding tert-OH is 2. The Morgan fingerprint density at radius 2 is 2.04 bits per heavy atom. The second-order valence-electron chi connectivity index (χ2n) is 7.08. The summed E-state index contributed by atoms with van der Waals surface area (Å²) in [6, 6.07) is -1.10. The Morgan fingerprint density at radius 1 is 1.33 bits per heavy atom. The molecule has 0 aliphatic carbocycles. The quantitative estimate of drug-likeness (QED) is 0.573. The van der Waals surface area contributed by atoms with Crippen molar-refractivity contribution in [2.24, 2.45) is 5.92 Å². The Labute approximate surface area is 157 Å². The van der Waals surface area contributed by atoms with E-state index in [1.807, 2.05) is 13.8 Å². The van der Waals surface area contributed by atoms with Crippen LogP contribution in [0.15, 0.2) is 24.9 Å². The molecule has 1 saturated heterocycles. The Kier molecular flexibility index (Phi) is 5.78. The maximum atomic E-state index is 13.3. The molecule has 3 rings (SSSR count). The van der Waals surface area contributed by atoms with E-state index >= 15 is 0 Å². The van der Waals surface area contributed by atoms with Gasteiger partial charge in [-0.15, -0.1) is 5.10 Å². The van der Waals surface area contributed by atoms with Crippen LogP contribution in [0.5, 0.6) is 0 Å². The molecule has 2 aromatic heterocycles. The Bertz CT molecular complexity index is 767. The fraction of sp³-hybridized carbons (Fsp3) is 0.588. The molecule has 1 aliphatic rings. The number of aromatic nitrogens is 5. The summed E-state index contributed by atoms with van der Waals surface area (Å²) in [7, 11) is 1.61. The van der Waals surface area contributed by atoms with E-state index in [-0.39, 0.29) is 18.4 Å². The number of hydrogen-bond donors (Lipinski definition) is 3. The third-order valence-corrected chi connectivity index (χ3v) is 4.80. The standard InChI is InChI=1S/C17H25N7O3/c1-10(2)15(17(27)23-7-12(25)4-14(23)16(26)18-3)24-8-13(21-22-24)11-5-19-9-20-6-11/h5-6,8-10,12,14-16,18,25-26H,4,7H2,1-3H3. The molecule has 0 saturated carbocycles. The summed E-state index contributed by atoms with van der Waals surface area (Å²) >= 11 is 0. The number of nitrogens with zero attached hydrogens (tertiary/aromatic N) is 6.